The zero-order chi connectivity index (χ0) is 16.1. The van der Waals surface area contributed by atoms with Gasteiger partial charge in [-0.05, 0) is 40.5 Å². The molecular formula is C14H15BrF2N2O3. The molecule has 0 saturated heterocycles. The fourth-order valence-electron chi connectivity index (χ4n) is 1.91. The number of alkyl halides is 2. The first-order chi connectivity index (χ1) is 10.5. The van der Waals surface area contributed by atoms with Crippen molar-refractivity contribution < 1.29 is 22.8 Å². The van der Waals surface area contributed by atoms with Crippen LogP contribution >= 0.6 is 15.9 Å². The van der Waals surface area contributed by atoms with Crippen LogP contribution in [-0.2, 0) is 13.1 Å². The molecule has 0 spiro atoms. The Labute approximate surface area is 134 Å². The van der Waals surface area contributed by atoms with Crippen molar-refractivity contribution in [2.24, 2.45) is 0 Å². The summed E-state index contributed by atoms with van der Waals surface area (Å²) in [5, 5.41) is 7.05. The number of aromatic nitrogens is 1. The predicted molar refractivity (Wildman–Crippen MR) is 79.1 cm³/mol. The molecule has 0 aliphatic carbocycles. The van der Waals surface area contributed by atoms with Crippen LogP contribution in [0.4, 0.5) is 8.78 Å². The summed E-state index contributed by atoms with van der Waals surface area (Å²) in [7, 11) is 1.40. The number of rotatable bonds is 7. The molecule has 0 bridgehead atoms. The van der Waals surface area contributed by atoms with E-state index in [1.807, 2.05) is 13.0 Å². The molecule has 0 aliphatic rings. The van der Waals surface area contributed by atoms with Crippen LogP contribution in [0.25, 0.3) is 0 Å². The van der Waals surface area contributed by atoms with E-state index in [0.29, 0.717) is 17.6 Å². The lowest BCUT2D eigenvalue weighted by atomic mass is 10.2. The van der Waals surface area contributed by atoms with Crippen LogP contribution in [0.1, 0.15) is 17.0 Å². The molecule has 0 aliphatic heterocycles. The van der Waals surface area contributed by atoms with E-state index in [4.69, 9.17) is 9.26 Å². The van der Waals surface area contributed by atoms with E-state index in [1.54, 1.807) is 12.1 Å². The molecule has 1 heterocycles. The highest BCUT2D eigenvalue weighted by atomic mass is 79.9. The lowest BCUT2D eigenvalue weighted by Crippen LogP contribution is -2.13. The number of ether oxygens (including phenoxy) is 2. The topological polar surface area (TPSA) is 56.5 Å². The van der Waals surface area contributed by atoms with Gasteiger partial charge in [0.25, 0.3) is 0 Å². The van der Waals surface area contributed by atoms with Crippen LogP contribution in [0, 0.1) is 6.92 Å². The maximum atomic E-state index is 12.4. The Hall–Kier alpha value is -1.67. The zero-order valence-electron chi connectivity index (χ0n) is 12.0. The smallest absolute Gasteiger partial charge is 0.387 e. The van der Waals surface area contributed by atoms with Gasteiger partial charge in [-0.15, -0.1) is 0 Å². The van der Waals surface area contributed by atoms with Gasteiger partial charge in [0.1, 0.15) is 5.76 Å². The molecule has 1 N–H and O–H groups in total. The minimum absolute atomic E-state index is 0.0200. The molecule has 0 amide bonds. The first kappa shape index (κ1) is 16.7. The molecule has 2 rings (SSSR count). The average Bonchev–Trinajstić information content (AvgIpc) is 2.86. The number of hydrogen-bond donors (Lipinski definition) is 1. The Balaban J connectivity index is 2.03. The molecular weight excluding hydrogens is 362 g/mol. The van der Waals surface area contributed by atoms with Crippen molar-refractivity contribution in [1.82, 2.24) is 10.5 Å². The number of hydrogen-bond acceptors (Lipinski definition) is 5. The summed E-state index contributed by atoms with van der Waals surface area (Å²) < 4.78 is 39.7. The number of benzene rings is 1. The van der Waals surface area contributed by atoms with Crippen molar-refractivity contribution in [3.8, 4) is 11.5 Å². The second-order valence-electron chi connectivity index (χ2n) is 4.52. The largest absolute Gasteiger partial charge is 0.493 e. The summed E-state index contributed by atoms with van der Waals surface area (Å²) in [4.78, 5) is 0. The van der Waals surface area contributed by atoms with Gasteiger partial charge in [-0.2, -0.15) is 8.78 Å². The summed E-state index contributed by atoms with van der Waals surface area (Å²) in [6.45, 7) is -0.0487. The first-order valence-corrected chi connectivity index (χ1v) is 7.23. The molecule has 22 heavy (non-hydrogen) atoms. The van der Waals surface area contributed by atoms with Crippen molar-refractivity contribution in [3.63, 3.8) is 0 Å². The second kappa shape index (κ2) is 7.55. The lowest BCUT2D eigenvalue weighted by Gasteiger charge is -2.14. The second-order valence-corrected chi connectivity index (χ2v) is 5.37. The van der Waals surface area contributed by atoms with Gasteiger partial charge in [-0.1, -0.05) is 5.16 Å². The average molecular weight is 377 g/mol. The zero-order valence-corrected chi connectivity index (χ0v) is 13.6. The van der Waals surface area contributed by atoms with Gasteiger partial charge in [0.15, 0.2) is 11.5 Å². The summed E-state index contributed by atoms with van der Waals surface area (Å²) in [5.74, 6) is 0.965. The van der Waals surface area contributed by atoms with Gasteiger partial charge in [0, 0.05) is 19.2 Å². The van der Waals surface area contributed by atoms with Crippen LogP contribution < -0.4 is 14.8 Å². The van der Waals surface area contributed by atoms with Crippen LogP contribution in [0.5, 0.6) is 11.5 Å². The molecule has 0 radical (unpaired) electrons. The number of methoxy groups -OCH3 is 1. The Kier molecular flexibility index (Phi) is 5.73. The highest BCUT2D eigenvalue weighted by Gasteiger charge is 2.15. The molecule has 2 aromatic rings. The van der Waals surface area contributed by atoms with Crippen LogP contribution in [-0.4, -0.2) is 18.9 Å². The number of nitrogens with one attached hydrogen (secondary N) is 1. The fraction of sp³-hybridized carbons (Fsp3) is 0.357. The summed E-state index contributed by atoms with van der Waals surface area (Å²) in [6, 6.07) is 5.17. The van der Waals surface area contributed by atoms with Crippen molar-refractivity contribution in [2.45, 2.75) is 26.6 Å². The monoisotopic (exact) mass is 376 g/mol. The van der Waals surface area contributed by atoms with E-state index in [0.717, 1.165) is 17.0 Å². The minimum Gasteiger partial charge on any atom is -0.493 e. The summed E-state index contributed by atoms with van der Waals surface area (Å²) in [6.07, 6.45) is 0. The molecule has 0 saturated carbocycles. The van der Waals surface area contributed by atoms with Gasteiger partial charge < -0.3 is 19.3 Å². The molecule has 120 valence electrons. The number of nitrogens with zero attached hydrogens (tertiary/aromatic N) is 1. The van der Waals surface area contributed by atoms with E-state index in [2.05, 4.69) is 31.1 Å². The molecule has 0 unspecified atom stereocenters. The maximum absolute atomic E-state index is 12.4. The van der Waals surface area contributed by atoms with Crippen molar-refractivity contribution in [1.29, 1.82) is 0 Å². The van der Waals surface area contributed by atoms with Crippen LogP contribution in [0.2, 0.25) is 0 Å². The molecule has 1 aromatic heterocycles. The van der Waals surface area contributed by atoms with Crippen LogP contribution in [0.3, 0.4) is 0 Å². The Bertz CT molecular complexity index is 635. The van der Waals surface area contributed by atoms with Crippen LogP contribution in [0.15, 0.2) is 27.2 Å². The Morgan fingerprint density at radius 2 is 2.09 bits per heavy atom. The van der Waals surface area contributed by atoms with Crippen molar-refractivity contribution in [3.05, 3.63) is 39.7 Å². The highest BCUT2D eigenvalue weighted by molar-refractivity contribution is 9.10. The van der Waals surface area contributed by atoms with Gasteiger partial charge in [-0.25, -0.2) is 0 Å². The van der Waals surface area contributed by atoms with E-state index in [9.17, 15) is 8.78 Å². The SMILES string of the molecule is COc1cc(CNCc2cc(C)on2)cc(Br)c1OC(F)F. The summed E-state index contributed by atoms with van der Waals surface area (Å²) in [5.41, 5.74) is 1.65. The standard InChI is InChI=1S/C14H15BrF2N2O3/c1-8-3-10(19-22-8)7-18-6-9-4-11(15)13(21-14(16)17)12(5-9)20-2/h3-5,14,18H,6-7H2,1-2H3. The van der Waals surface area contributed by atoms with Gasteiger partial charge in [0.2, 0.25) is 0 Å². The summed E-state index contributed by atoms with van der Waals surface area (Å²) >= 11 is 3.21. The maximum Gasteiger partial charge on any atom is 0.387 e. The quantitative estimate of drug-likeness (QED) is 0.799. The normalized spacial score (nSPS) is 11.0. The van der Waals surface area contributed by atoms with E-state index in [-0.39, 0.29) is 11.5 Å². The minimum atomic E-state index is -2.91. The van der Waals surface area contributed by atoms with Gasteiger partial charge >= 0.3 is 6.61 Å². The van der Waals surface area contributed by atoms with Gasteiger partial charge in [0.05, 0.1) is 17.3 Å². The third-order valence-electron chi connectivity index (χ3n) is 2.81. The third-order valence-corrected chi connectivity index (χ3v) is 3.40. The fourth-order valence-corrected chi connectivity index (χ4v) is 2.50. The molecule has 8 heteroatoms. The third kappa shape index (κ3) is 4.41. The first-order valence-electron chi connectivity index (χ1n) is 6.43. The predicted octanol–water partition coefficient (Wildman–Crippen LogP) is 3.65. The van der Waals surface area contributed by atoms with Crippen molar-refractivity contribution >= 4 is 15.9 Å². The molecule has 5 nitrogen and oxygen atoms in total. The van der Waals surface area contributed by atoms with Crippen molar-refractivity contribution in [2.75, 3.05) is 7.11 Å². The van der Waals surface area contributed by atoms with E-state index in [1.165, 1.54) is 7.11 Å². The number of aryl methyl sites for hydroxylation is 1. The van der Waals surface area contributed by atoms with E-state index >= 15 is 0 Å². The molecule has 0 fully saturated rings. The lowest BCUT2D eigenvalue weighted by molar-refractivity contribution is -0.0517. The number of halogens is 3. The van der Waals surface area contributed by atoms with E-state index < -0.39 is 6.61 Å². The van der Waals surface area contributed by atoms with Gasteiger partial charge in [-0.3, -0.25) is 0 Å². The Morgan fingerprint density at radius 3 is 2.68 bits per heavy atom. The molecule has 0 atom stereocenters. The Morgan fingerprint density at radius 1 is 1.32 bits per heavy atom. The highest BCUT2D eigenvalue weighted by Crippen LogP contribution is 2.37. The molecule has 1 aromatic carbocycles.